The van der Waals surface area contributed by atoms with Gasteiger partial charge in [0.15, 0.2) is 6.61 Å². The van der Waals surface area contributed by atoms with Crippen molar-refractivity contribution in [2.24, 2.45) is 0 Å². The lowest BCUT2D eigenvalue weighted by Gasteiger charge is -2.15. The average Bonchev–Trinajstić information content (AvgIpc) is 3.00. The Morgan fingerprint density at radius 3 is 2.65 bits per heavy atom. The van der Waals surface area contributed by atoms with Crippen LogP contribution in [0.5, 0.6) is 0 Å². The number of likely N-dealkylation sites (N-methyl/N-ethyl adjacent to an activating group) is 2. The highest BCUT2D eigenvalue weighted by Gasteiger charge is 2.25. The monoisotopic (exact) mass is 379 g/mol. The van der Waals surface area contributed by atoms with Gasteiger partial charge in [0, 0.05) is 19.7 Å². The Morgan fingerprint density at radius 1 is 1.31 bits per heavy atom. The number of nitrogens with zero attached hydrogens (tertiary/aromatic N) is 2. The first-order valence-electron chi connectivity index (χ1n) is 7.68. The van der Waals surface area contributed by atoms with E-state index in [0.717, 1.165) is 4.90 Å². The van der Waals surface area contributed by atoms with E-state index in [1.807, 2.05) is 0 Å². The minimum Gasteiger partial charge on any atom is -0.452 e. The van der Waals surface area contributed by atoms with Gasteiger partial charge in [-0.05, 0) is 13.0 Å². The van der Waals surface area contributed by atoms with Crippen molar-refractivity contribution in [3.8, 4) is 11.3 Å². The largest absolute Gasteiger partial charge is 0.452 e. The number of hydrogen-bond donors (Lipinski definition) is 1. The molecule has 0 spiro atoms. The third kappa shape index (κ3) is 4.40. The molecule has 1 aromatic heterocycles. The van der Waals surface area contributed by atoms with Gasteiger partial charge in [-0.2, -0.15) is 0 Å². The second-order valence-corrected chi connectivity index (χ2v) is 5.85. The number of aromatic nitrogens is 1. The Hall–Kier alpha value is -2.87. The molecule has 138 valence electrons. The second kappa shape index (κ2) is 8.48. The fourth-order valence-corrected chi connectivity index (χ4v) is 2.37. The summed E-state index contributed by atoms with van der Waals surface area (Å²) in [5, 5.41) is 6.67. The van der Waals surface area contributed by atoms with Gasteiger partial charge in [-0.1, -0.05) is 35.0 Å². The van der Waals surface area contributed by atoms with Crippen LogP contribution >= 0.6 is 11.6 Å². The van der Waals surface area contributed by atoms with Gasteiger partial charge in [-0.15, -0.1) is 0 Å². The third-order valence-electron chi connectivity index (χ3n) is 3.61. The van der Waals surface area contributed by atoms with E-state index < -0.39 is 18.5 Å². The number of carbonyl (C=O) groups is 3. The highest BCUT2D eigenvalue weighted by atomic mass is 35.5. The van der Waals surface area contributed by atoms with E-state index in [-0.39, 0.29) is 29.5 Å². The van der Waals surface area contributed by atoms with Crippen molar-refractivity contribution < 1.29 is 23.6 Å². The molecule has 2 rings (SSSR count). The molecule has 0 saturated carbocycles. The van der Waals surface area contributed by atoms with Crippen molar-refractivity contribution >= 4 is 29.4 Å². The van der Waals surface area contributed by atoms with Crippen LogP contribution in [-0.4, -0.2) is 55.1 Å². The Bertz CT molecular complexity index is 834. The Kier molecular flexibility index (Phi) is 6.35. The molecule has 0 aliphatic carbocycles. The first-order valence-corrected chi connectivity index (χ1v) is 8.05. The van der Waals surface area contributed by atoms with Gasteiger partial charge in [-0.3, -0.25) is 9.59 Å². The summed E-state index contributed by atoms with van der Waals surface area (Å²) in [4.78, 5) is 36.8. The van der Waals surface area contributed by atoms with Crippen LogP contribution in [0.2, 0.25) is 5.02 Å². The van der Waals surface area contributed by atoms with E-state index >= 15 is 0 Å². The Labute approximate surface area is 155 Å². The zero-order chi connectivity index (χ0) is 19.3. The maximum Gasteiger partial charge on any atom is 0.344 e. The quantitative estimate of drug-likeness (QED) is 0.766. The molecular formula is C17H18ClN3O5. The van der Waals surface area contributed by atoms with Gasteiger partial charge in [0.05, 0.1) is 11.6 Å². The number of esters is 1. The van der Waals surface area contributed by atoms with Crippen molar-refractivity contribution in [3.05, 3.63) is 40.6 Å². The number of rotatable bonds is 6. The van der Waals surface area contributed by atoms with Crippen LogP contribution in [0.1, 0.15) is 16.1 Å². The van der Waals surface area contributed by atoms with Gasteiger partial charge < -0.3 is 19.5 Å². The molecule has 0 atom stereocenters. The fraction of sp³-hybridized carbons (Fsp3) is 0.294. The topological polar surface area (TPSA) is 102 Å². The molecule has 0 unspecified atom stereocenters. The standard InChI is InChI=1S/C17H18ClN3O5/c1-10-15(16(20-26-10)11-6-4-5-7-12(11)18)17(24)25-9-14(23)21(3)8-13(22)19-2/h4-7H,8-9H2,1-3H3,(H,19,22). The summed E-state index contributed by atoms with van der Waals surface area (Å²) in [6, 6.07) is 6.85. The van der Waals surface area contributed by atoms with Crippen molar-refractivity contribution in [1.29, 1.82) is 0 Å². The Morgan fingerprint density at radius 2 is 2.00 bits per heavy atom. The number of carbonyl (C=O) groups excluding carboxylic acids is 3. The van der Waals surface area contributed by atoms with E-state index in [1.165, 1.54) is 14.1 Å². The highest BCUT2D eigenvalue weighted by molar-refractivity contribution is 6.33. The zero-order valence-electron chi connectivity index (χ0n) is 14.5. The second-order valence-electron chi connectivity index (χ2n) is 5.44. The van der Waals surface area contributed by atoms with Gasteiger partial charge in [0.2, 0.25) is 5.91 Å². The van der Waals surface area contributed by atoms with Crippen molar-refractivity contribution in [1.82, 2.24) is 15.4 Å². The number of halogens is 1. The lowest BCUT2D eigenvalue weighted by molar-refractivity contribution is -0.137. The molecule has 0 fully saturated rings. The molecule has 2 amide bonds. The molecule has 1 aromatic carbocycles. The predicted octanol–water partition coefficient (Wildman–Crippen LogP) is 1.66. The molecule has 9 heteroatoms. The maximum atomic E-state index is 12.4. The first-order chi connectivity index (χ1) is 12.3. The predicted molar refractivity (Wildman–Crippen MR) is 93.7 cm³/mol. The summed E-state index contributed by atoms with van der Waals surface area (Å²) in [5.41, 5.74) is 0.852. The molecule has 0 aliphatic heterocycles. The van der Waals surface area contributed by atoms with Crippen LogP contribution in [-0.2, 0) is 14.3 Å². The Balaban J connectivity index is 2.11. The summed E-state index contributed by atoms with van der Waals surface area (Å²) in [6.07, 6.45) is 0. The molecular weight excluding hydrogens is 362 g/mol. The fourth-order valence-electron chi connectivity index (χ4n) is 2.14. The lowest BCUT2D eigenvalue weighted by atomic mass is 10.1. The van der Waals surface area contributed by atoms with Crippen LogP contribution in [0, 0.1) is 6.92 Å². The normalized spacial score (nSPS) is 10.3. The molecule has 1 N–H and O–H groups in total. The van der Waals surface area contributed by atoms with E-state index in [0.29, 0.717) is 10.6 Å². The van der Waals surface area contributed by atoms with Crippen LogP contribution in [0.3, 0.4) is 0 Å². The van der Waals surface area contributed by atoms with E-state index in [4.69, 9.17) is 20.9 Å². The molecule has 26 heavy (non-hydrogen) atoms. The summed E-state index contributed by atoms with van der Waals surface area (Å²) >= 11 is 6.14. The highest BCUT2D eigenvalue weighted by Crippen LogP contribution is 2.31. The van der Waals surface area contributed by atoms with E-state index in [9.17, 15) is 14.4 Å². The number of hydrogen-bond acceptors (Lipinski definition) is 6. The minimum absolute atomic E-state index is 0.0971. The molecule has 0 bridgehead atoms. The number of benzene rings is 1. The number of aryl methyl sites for hydroxylation is 1. The van der Waals surface area contributed by atoms with Crippen molar-refractivity contribution in [2.45, 2.75) is 6.92 Å². The lowest BCUT2D eigenvalue weighted by Crippen LogP contribution is -2.39. The first kappa shape index (κ1) is 19.5. The van der Waals surface area contributed by atoms with Gasteiger partial charge in [0.1, 0.15) is 17.0 Å². The molecule has 1 heterocycles. The van der Waals surface area contributed by atoms with Crippen LogP contribution in [0.4, 0.5) is 0 Å². The zero-order valence-corrected chi connectivity index (χ0v) is 15.3. The number of ether oxygens (including phenoxy) is 1. The van der Waals surface area contributed by atoms with Gasteiger partial charge in [0.25, 0.3) is 5.91 Å². The van der Waals surface area contributed by atoms with E-state index in [2.05, 4.69) is 10.5 Å². The van der Waals surface area contributed by atoms with Gasteiger partial charge in [-0.25, -0.2) is 4.79 Å². The summed E-state index contributed by atoms with van der Waals surface area (Å²) < 4.78 is 10.2. The number of amides is 2. The van der Waals surface area contributed by atoms with Gasteiger partial charge >= 0.3 is 5.97 Å². The molecule has 0 aliphatic rings. The SMILES string of the molecule is CNC(=O)CN(C)C(=O)COC(=O)c1c(-c2ccccc2Cl)noc1C. The van der Waals surface area contributed by atoms with Crippen LogP contribution in [0.15, 0.2) is 28.8 Å². The van der Waals surface area contributed by atoms with Crippen molar-refractivity contribution in [2.75, 3.05) is 27.2 Å². The summed E-state index contributed by atoms with van der Waals surface area (Å²) in [5.74, 6) is -1.37. The minimum atomic E-state index is -0.764. The average molecular weight is 380 g/mol. The molecule has 2 aromatic rings. The summed E-state index contributed by atoms with van der Waals surface area (Å²) in [6.45, 7) is 0.909. The smallest absolute Gasteiger partial charge is 0.344 e. The summed E-state index contributed by atoms with van der Waals surface area (Å²) in [7, 11) is 2.90. The van der Waals surface area contributed by atoms with Crippen molar-refractivity contribution in [3.63, 3.8) is 0 Å². The molecule has 0 saturated heterocycles. The third-order valence-corrected chi connectivity index (χ3v) is 3.94. The van der Waals surface area contributed by atoms with Crippen LogP contribution in [0.25, 0.3) is 11.3 Å². The molecule has 0 radical (unpaired) electrons. The molecule has 8 nitrogen and oxygen atoms in total. The van der Waals surface area contributed by atoms with Crippen LogP contribution < -0.4 is 5.32 Å². The number of nitrogens with one attached hydrogen (secondary N) is 1. The van der Waals surface area contributed by atoms with E-state index in [1.54, 1.807) is 31.2 Å². The maximum absolute atomic E-state index is 12.4.